The molecule has 2 rings (SSSR count). The minimum Gasteiger partial charge on any atom is -0.358 e. The fourth-order valence-electron chi connectivity index (χ4n) is 1.76. The van der Waals surface area contributed by atoms with Crippen LogP contribution in [0.5, 0.6) is 0 Å². The summed E-state index contributed by atoms with van der Waals surface area (Å²) in [6.07, 6.45) is 1.44. The summed E-state index contributed by atoms with van der Waals surface area (Å²) < 4.78 is 1.55. The molecule has 0 N–H and O–H groups in total. The van der Waals surface area contributed by atoms with Gasteiger partial charge in [-0.1, -0.05) is 29.8 Å². The maximum absolute atomic E-state index is 12.3. The Balaban J connectivity index is 2.29. The predicted octanol–water partition coefficient (Wildman–Crippen LogP) is 3.31. The van der Waals surface area contributed by atoms with Gasteiger partial charge in [-0.25, -0.2) is 0 Å². The van der Waals surface area contributed by atoms with E-state index in [1.54, 1.807) is 19.1 Å². The van der Waals surface area contributed by atoms with Gasteiger partial charge in [-0.05, 0) is 34.7 Å². The van der Waals surface area contributed by atoms with Gasteiger partial charge in [-0.15, -0.1) is 0 Å². The Bertz CT molecular complexity index is 664. The van der Waals surface area contributed by atoms with Gasteiger partial charge < -0.3 is 10.1 Å². The van der Waals surface area contributed by atoms with Crippen molar-refractivity contribution in [2.24, 2.45) is 0 Å². The molecule has 104 valence electrons. The number of hydrogen-bond acceptors (Lipinski definition) is 4. The number of rotatable bonds is 4. The largest absolute Gasteiger partial charge is 0.404 e. The second kappa shape index (κ2) is 5.54. The second-order valence-corrected chi connectivity index (χ2v) is 5.30. The lowest BCUT2D eigenvalue weighted by Gasteiger charge is -2.07. The molecule has 0 aliphatic rings. The van der Waals surface area contributed by atoms with Crippen molar-refractivity contribution in [1.82, 2.24) is 9.78 Å². The number of ketones is 1. The van der Waals surface area contributed by atoms with Crippen LogP contribution in [0.25, 0.3) is 0 Å². The van der Waals surface area contributed by atoms with Crippen LogP contribution in [0.3, 0.4) is 0 Å². The molecule has 7 heteroatoms. The van der Waals surface area contributed by atoms with E-state index >= 15 is 0 Å². The van der Waals surface area contributed by atoms with Crippen LogP contribution in [0.2, 0.25) is 0 Å². The van der Waals surface area contributed by atoms with Crippen LogP contribution in [0, 0.1) is 17.0 Å². The molecule has 20 heavy (non-hydrogen) atoms. The van der Waals surface area contributed by atoms with Crippen LogP contribution in [0.1, 0.15) is 28.9 Å². The van der Waals surface area contributed by atoms with E-state index in [9.17, 15) is 14.9 Å². The number of hydrogen-bond donors (Lipinski definition) is 0. The number of nitro groups is 1. The lowest BCUT2D eigenvalue weighted by atomic mass is 10.0. The van der Waals surface area contributed by atoms with Crippen LogP contribution in [-0.4, -0.2) is 20.5 Å². The van der Waals surface area contributed by atoms with Crippen LogP contribution < -0.4 is 0 Å². The van der Waals surface area contributed by atoms with Crippen molar-refractivity contribution in [3.8, 4) is 0 Å². The minimum absolute atomic E-state index is 0.144. The van der Waals surface area contributed by atoms with Crippen LogP contribution in [0.4, 0.5) is 5.82 Å². The molecule has 1 atom stereocenters. The summed E-state index contributed by atoms with van der Waals surface area (Å²) in [5, 5.41) is 14.6. The van der Waals surface area contributed by atoms with E-state index < -0.39 is 11.0 Å². The molecule has 1 aromatic heterocycles. The Labute approximate surface area is 123 Å². The third kappa shape index (κ3) is 2.77. The molecular formula is C13H12BrN3O3. The van der Waals surface area contributed by atoms with Crippen LogP contribution in [-0.2, 0) is 0 Å². The van der Waals surface area contributed by atoms with Gasteiger partial charge in [0.1, 0.15) is 10.5 Å². The van der Waals surface area contributed by atoms with E-state index in [0.717, 1.165) is 5.56 Å². The zero-order chi connectivity index (χ0) is 14.9. The molecule has 6 nitrogen and oxygen atoms in total. The predicted molar refractivity (Wildman–Crippen MR) is 76.8 cm³/mol. The highest BCUT2D eigenvalue weighted by Gasteiger charge is 2.25. The summed E-state index contributed by atoms with van der Waals surface area (Å²) in [5.41, 5.74) is 1.61. The molecule has 0 saturated carbocycles. The quantitative estimate of drug-likeness (QED) is 0.487. The standard InChI is InChI=1S/C13H12BrN3O3/c1-8-3-5-10(6-4-8)12(18)9(2)16-7-11(14)13(15-16)17(19)20/h3-7,9H,1-2H3. The first kappa shape index (κ1) is 14.4. The van der Waals surface area contributed by atoms with E-state index in [1.165, 1.54) is 10.9 Å². The number of carbonyl (C=O) groups is 1. The average molecular weight is 338 g/mol. The highest BCUT2D eigenvalue weighted by molar-refractivity contribution is 9.10. The fraction of sp³-hybridized carbons (Fsp3) is 0.231. The summed E-state index contributed by atoms with van der Waals surface area (Å²) in [6, 6.07) is 6.56. The maximum atomic E-state index is 12.3. The van der Waals surface area contributed by atoms with E-state index in [2.05, 4.69) is 21.0 Å². The van der Waals surface area contributed by atoms with E-state index in [1.807, 2.05) is 19.1 Å². The van der Waals surface area contributed by atoms with Gasteiger partial charge in [-0.2, -0.15) is 4.68 Å². The lowest BCUT2D eigenvalue weighted by Crippen LogP contribution is -2.17. The first-order chi connectivity index (χ1) is 9.40. The van der Waals surface area contributed by atoms with E-state index in [0.29, 0.717) is 5.56 Å². The van der Waals surface area contributed by atoms with Gasteiger partial charge in [0.25, 0.3) is 0 Å². The van der Waals surface area contributed by atoms with Crippen molar-refractivity contribution < 1.29 is 9.72 Å². The molecule has 0 amide bonds. The normalized spacial score (nSPS) is 12.2. The van der Waals surface area contributed by atoms with Gasteiger partial charge in [0.15, 0.2) is 5.78 Å². The van der Waals surface area contributed by atoms with Crippen molar-refractivity contribution in [2.75, 3.05) is 0 Å². The summed E-state index contributed by atoms with van der Waals surface area (Å²) >= 11 is 3.06. The minimum atomic E-state index is -0.609. The summed E-state index contributed by atoms with van der Waals surface area (Å²) in [4.78, 5) is 22.5. The third-order valence-electron chi connectivity index (χ3n) is 2.95. The first-order valence-electron chi connectivity index (χ1n) is 5.90. The average Bonchev–Trinajstić information content (AvgIpc) is 2.80. The smallest absolute Gasteiger partial charge is 0.358 e. The van der Waals surface area contributed by atoms with E-state index in [-0.39, 0.29) is 16.1 Å². The van der Waals surface area contributed by atoms with Crippen molar-refractivity contribution in [3.63, 3.8) is 0 Å². The van der Waals surface area contributed by atoms with Crippen LogP contribution in [0.15, 0.2) is 34.9 Å². The molecular weight excluding hydrogens is 326 g/mol. The molecule has 0 fully saturated rings. The molecule has 0 radical (unpaired) electrons. The second-order valence-electron chi connectivity index (χ2n) is 4.44. The van der Waals surface area contributed by atoms with Crippen LogP contribution >= 0.6 is 15.9 Å². The molecule has 1 unspecified atom stereocenters. The molecule has 0 aliphatic heterocycles. The third-order valence-corrected chi connectivity index (χ3v) is 3.51. The number of nitrogens with zero attached hydrogens (tertiary/aromatic N) is 3. The Morgan fingerprint density at radius 2 is 2.00 bits per heavy atom. The highest BCUT2D eigenvalue weighted by Crippen LogP contribution is 2.25. The van der Waals surface area contributed by atoms with Gasteiger partial charge in [0.05, 0.1) is 11.3 Å². The Kier molecular flexibility index (Phi) is 3.99. The topological polar surface area (TPSA) is 78.0 Å². The number of aryl methyl sites for hydroxylation is 1. The summed E-state index contributed by atoms with van der Waals surface area (Å²) in [7, 11) is 0. The molecule has 1 aromatic carbocycles. The number of benzene rings is 1. The van der Waals surface area contributed by atoms with Crippen molar-refractivity contribution in [3.05, 3.63) is 56.2 Å². The van der Waals surface area contributed by atoms with Crippen molar-refractivity contribution in [1.29, 1.82) is 0 Å². The van der Waals surface area contributed by atoms with Gasteiger partial charge in [0, 0.05) is 5.56 Å². The Morgan fingerprint density at radius 3 is 2.50 bits per heavy atom. The molecule has 0 spiro atoms. The molecule has 0 aliphatic carbocycles. The van der Waals surface area contributed by atoms with Crippen molar-refractivity contribution >= 4 is 27.5 Å². The van der Waals surface area contributed by atoms with Gasteiger partial charge in [0.2, 0.25) is 0 Å². The highest BCUT2D eigenvalue weighted by atomic mass is 79.9. The fourth-order valence-corrected chi connectivity index (χ4v) is 2.20. The number of Topliss-reactive ketones (excluding diaryl/α,β-unsaturated/α-hetero) is 1. The molecule has 0 saturated heterocycles. The summed E-state index contributed by atoms with van der Waals surface area (Å²) in [6.45, 7) is 3.59. The number of halogens is 1. The zero-order valence-electron chi connectivity index (χ0n) is 10.9. The maximum Gasteiger partial charge on any atom is 0.404 e. The zero-order valence-corrected chi connectivity index (χ0v) is 12.5. The number of carbonyl (C=O) groups excluding carboxylic acids is 1. The Morgan fingerprint density at radius 1 is 1.40 bits per heavy atom. The van der Waals surface area contributed by atoms with Gasteiger partial charge in [-0.3, -0.25) is 4.79 Å². The monoisotopic (exact) mass is 337 g/mol. The van der Waals surface area contributed by atoms with E-state index in [4.69, 9.17) is 0 Å². The first-order valence-corrected chi connectivity index (χ1v) is 6.69. The van der Waals surface area contributed by atoms with Gasteiger partial charge >= 0.3 is 5.82 Å². The molecule has 2 aromatic rings. The Hall–Kier alpha value is -2.02. The lowest BCUT2D eigenvalue weighted by molar-refractivity contribution is -0.390. The SMILES string of the molecule is Cc1ccc(C(=O)C(C)n2cc(Br)c([N+](=O)[O-])n2)cc1. The number of aromatic nitrogens is 2. The molecule has 1 heterocycles. The van der Waals surface area contributed by atoms with Crippen molar-refractivity contribution in [2.45, 2.75) is 19.9 Å². The summed E-state index contributed by atoms with van der Waals surface area (Å²) in [5.74, 6) is -0.441. The molecule has 0 bridgehead atoms.